The summed E-state index contributed by atoms with van der Waals surface area (Å²) in [5.41, 5.74) is 5.92. The monoisotopic (exact) mass is 264 g/mol. The Morgan fingerprint density at radius 3 is 2.71 bits per heavy atom. The van der Waals surface area contributed by atoms with E-state index in [1.807, 2.05) is 20.8 Å². The van der Waals surface area contributed by atoms with Gasteiger partial charge in [-0.05, 0) is 46.1 Å². The minimum atomic E-state index is -0.138. The maximum absolute atomic E-state index is 11.6. The fourth-order valence-electron chi connectivity index (χ4n) is 2.23. The van der Waals surface area contributed by atoms with E-state index in [2.05, 4.69) is 4.90 Å². The first-order valence-electron chi connectivity index (χ1n) is 6.22. The number of hydrogen-bond donors (Lipinski definition) is 1. The van der Waals surface area contributed by atoms with E-state index in [0.29, 0.717) is 12.5 Å². The van der Waals surface area contributed by atoms with Gasteiger partial charge in [-0.15, -0.1) is 12.4 Å². The van der Waals surface area contributed by atoms with Crippen molar-refractivity contribution in [2.45, 2.75) is 45.7 Å². The summed E-state index contributed by atoms with van der Waals surface area (Å²) in [4.78, 5) is 13.8. The molecule has 17 heavy (non-hydrogen) atoms. The van der Waals surface area contributed by atoms with Crippen LogP contribution in [0.5, 0.6) is 0 Å². The Balaban J connectivity index is 0.00000256. The van der Waals surface area contributed by atoms with Gasteiger partial charge in [0.15, 0.2) is 0 Å². The Labute approximate surface area is 110 Å². The number of rotatable bonds is 4. The lowest BCUT2D eigenvalue weighted by molar-refractivity contribution is -0.149. The summed E-state index contributed by atoms with van der Waals surface area (Å²) < 4.78 is 5.04. The van der Waals surface area contributed by atoms with E-state index in [9.17, 15) is 4.79 Å². The summed E-state index contributed by atoms with van der Waals surface area (Å²) in [6, 6.07) is 0.0682. The van der Waals surface area contributed by atoms with Gasteiger partial charge in [0.05, 0.1) is 6.61 Å². The fraction of sp³-hybridized carbons (Fsp3) is 0.917. The van der Waals surface area contributed by atoms with Crippen molar-refractivity contribution < 1.29 is 9.53 Å². The smallest absolute Gasteiger partial charge is 0.323 e. The highest BCUT2D eigenvalue weighted by Gasteiger charge is 2.29. The van der Waals surface area contributed by atoms with Crippen molar-refractivity contribution in [3.8, 4) is 0 Å². The molecule has 0 radical (unpaired) electrons. The molecule has 0 amide bonds. The Hall–Kier alpha value is -0.320. The van der Waals surface area contributed by atoms with Crippen molar-refractivity contribution in [2.75, 3.05) is 19.7 Å². The number of nitrogens with two attached hydrogens (primary N) is 1. The second-order valence-corrected chi connectivity index (χ2v) is 4.68. The molecule has 0 aromatic rings. The maximum atomic E-state index is 11.6. The Morgan fingerprint density at radius 2 is 2.18 bits per heavy atom. The highest BCUT2D eigenvalue weighted by atomic mass is 35.5. The van der Waals surface area contributed by atoms with Gasteiger partial charge < -0.3 is 10.5 Å². The lowest BCUT2D eigenvalue weighted by Crippen LogP contribution is -2.49. The van der Waals surface area contributed by atoms with Crippen molar-refractivity contribution in [2.24, 2.45) is 11.7 Å². The zero-order valence-electron chi connectivity index (χ0n) is 11.0. The SMILES string of the molecule is CCOC(=O)C(C)N1CCCC(C(C)N)C1.Cl. The van der Waals surface area contributed by atoms with Gasteiger partial charge in [-0.1, -0.05) is 0 Å². The van der Waals surface area contributed by atoms with Gasteiger partial charge in [0.1, 0.15) is 6.04 Å². The van der Waals surface area contributed by atoms with Crippen molar-refractivity contribution >= 4 is 18.4 Å². The second-order valence-electron chi connectivity index (χ2n) is 4.68. The molecule has 2 N–H and O–H groups in total. The zero-order chi connectivity index (χ0) is 12.1. The molecule has 0 aromatic carbocycles. The van der Waals surface area contributed by atoms with Crippen LogP contribution in [0.25, 0.3) is 0 Å². The van der Waals surface area contributed by atoms with Gasteiger partial charge >= 0.3 is 5.97 Å². The quantitative estimate of drug-likeness (QED) is 0.781. The molecule has 102 valence electrons. The molecule has 0 saturated carbocycles. The number of likely N-dealkylation sites (tertiary alicyclic amines) is 1. The number of piperidine rings is 1. The van der Waals surface area contributed by atoms with Crippen LogP contribution in [-0.2, 0) is 9.53 Å². The van der Waals surface area contributed by atoms with Crippen molar-refractivity contribution in [3.05, 3.63) is 0 Å². The summed E-state index contributed by atoms with van der Waals surface area (Å²) in [5, 5.41) is 0. The van der Waals surface area contributed by atoms with E-state index in [4.69, 9.17) is 10.5 Å². The largest absolute Gasteiger partial charge is 0.465 e. The van der Waals surface area contributed by atoms with Gasteiger partial charge in [0.2, 0.25) is 0 Å². The molecule has 0 aliphatic carbocycles. The van der Waals surface area contributed by atoms with Crippen LogP contribution in [0, 0.1) is 5.92 Å². The summed E-state index contributed by atoms with van der Waals surface area (Å²) in [5.74, 6) is 0.387. The van der Waals surface area contributed by atoms with E-state index < -0.39 is 0 Å². The van der Waals surface area contributed by atoms with Gasteiger partial charge in [-0.3, -0.25) is 9.69 Å². The molecule has 1 heterocycles. The summed E-state index contributed by atoms with van der Waals surface area (Å²) in [6.07, 6.45) is 2.29. The molecule has 5 heteroatoms. The molecule has 1 aliphatic rings. The second kappa shape index (κ2) is 7.90. The number of carbonyl (C=O) groups excluding carboxylic acids is 1. The van der Waals surface area contributed by atoms with Crippen LogP contribution in [0.3, 0.4) is 0 Å². The summed E-state index contributed by atoms with van der Waals surface area (Å²) >= 11 is 0. The number of ether oxygens (including phenoxy) is 1. The topological polar surface area (TPSA) is 55.6 Å². The van der Waals surface area contributed by atoms with E-state index in [1.54, 1.807) is 0 Å². The van der Waals surface area contributed by atoms with Crippen LogP contribution in [0.2, 0.25) is 0 Å². The number of hydrogen-bond acceptors (Lipinski definition) is 4. The maximum Gasteiger partial charge on any atom is 0.323 e. The van der Waals surface area contributed by atoms with Gasteiger partial charge in [0.25, 0.3) is 0 Å². The molecular formula is C12H25ClN2O2. The Bertz CT molecular complexity index is 237. The van der Waals surface area contributed by atoms with E-state index in [-0.39, 0.29) is 30.5 Å². The highest BCUT2D eigenvalue weighted by Crippen LogP contribution is 2.20. The van der Waals surface area contributed by atoms with Gasteiger partial charge in [-0.25, -0.2) is 0 Å². The van der Waals surface area contributed by atoms with Crippen LogP contribution in [0.4, 0.5) is 0 Å². The van der Waals surface area contributed by atoms with Crippen LogP contribution in [0.1, 0.15) is 33.6 Å². The molecule has 0 bridgehead atoms. The van der Waals surface area contributed by atoms with Crippen molar-refractivity contribution in [1.29, 1.82) is 0 Å². The number of halogens is 1. The van der Waals surface area contributed by atoms with Crippen LogP contribution < -0.4 is 5.73 Å². The molecule has 3 atom stereocenters. The van der Waals surface area contributed by atoms with E-state index in [1.165, 1.54) is 6.42 Å². The van der Waals surface area contributed by atoms with Gasteiger partial charge in [0, 0.05) is 12.6 Å². The van der Waals surface area contributed by atoms with Gasteiger partial charge in [-0.2, -0.15) is 0 Å². The number of carbonyl (C=O) groups is 1. The predicted molar refractivity (Wildman–Crippen MR) is 71.3 cm³/mol. The molecule has 3 unspecified atom stereocenters. The lowest BCUT2D eigenvalue weighted by atomic mass is 9.91. The molecule has 1 saturated heterocycles. The molecule has 1 aliphatic heterocycles. The minimum absolute atomic E-state index is 0. The van der Waals surface area contributed by atoms with Crippen LogP contribution >= 0.6 is 12.4 Å². The number of esters is 1. The molecule has 0 spiro atoms. The average Bonchev–Trinajstić information content (AvgIpc) is 2.28. The lowest BCUT2D eigenvalue weighted by Gasteiger charge is -2.37. The molecule has 1 rings (SSSR count). The minimum Gasteiger partial charge on any atom is -0.465 e. The third-order valence-electron chi connectivity index (χ3n) is 3.41. The molecular weight excluding hydrogens is 240 g/mol. The summed E-state index contributed by atoms with van der Waals surface area (Å²) in [6.45, 7) is 8.14. The summed E-state index contributed by atoms with van der Waals surface area (Å²) in [7, 11) is 0. The Kier molecular flexibility index (Phi) is 7.75. The molecule has 0 aromatic heterocycles. The molecule has 4 nitrogen and oxygen atoms in total. The van der Waals surface area contributed by atoms with E-state index in [0.717, 1.165) is 19.5 Å². The molecule has 1 fully saturated rings. The predicted octanol–water partition coefficient (Wildman–Crippen LogP) is 1.42. The normalized spacial score (nSPS) is 24.6. The van der Waals surface area contributed by atoms with Crippen molar-refractivity contribution in [1.82, 2.24) is 4.90 Å². The van der Waals surface area contributed by atoms with E-state index >= 15 is 0 Å². The zero-order valence-corrected chi connectivity index (χ0v) is 11.8. The first kappa shape index (κ1) is 16.7. The Morgan fingerprint density at radius 1 is 1.53 bits per heavy atom. The van der Waals surface area contributed by atoms with Crippen molar-refractivity contribution in [3.63, 3.8) is 0 Å². The first-order chi connectivity index (χ1) is 7.56. The fourth-order valence-corrected chi connectivity index (χ4v) is 2.23. The average molecular weight is 265 g/mol. The highest BCUT2D eigenvalue weighted by molar-refractivity contribution is 5.85. The number of nitrogens with zero attached hydrogens (tertiary/aromatic N) is 1. The third kappa shape index (κ3) is 4.82. The first-order valence-corrected chi connectivity index (χ1v) is 6.22. The van der Waals surface area contributed by atoms with Crippen LogP contribution in [-0.4, -0.2) is 42.6 Å². The standard InChI is InChI=1S/C12H24N2O2.ClH/c1-4-16-12(15)10(3)14-7-5-6-11(8-14)9(2)13;/h9-11H,4-8,13H2,1-3H3;1H. The third-order valence-corrected chi connectivity index (χ3v) is 3.41. The van der Waals surface area contributed by atoms with Crippen LogP contribution in [0.15, 0.2) is 0 Å².